The summed E-state index contributed by atoms with van der Waals surface area (Å²) in [4.78, 5) is 34.4. The van der Waals surface area contributed by atoms with Crippen molar-refractivity contribution in [1.82, 2.24) is 4.57 Å². The van der Waals surface area contributed by atoms with Gasteiger partial charge in [0.15, 0.2) is 5.58 Å². The molecule has 2 aromatic heterocycles. The number of carbonyl (C=O) groups excluding carboxylic acids is 1. The lowest BCUT2D eigenvalue weighted by molar-refractivity contribution is -0.384. The van der Waals surface area contributed by atoms with Gasteiger partial charge >= 0.3 is 11.7 Å². The SMILES string of the molecule is O=C(CCCn1c(=O)oc2cc([N+](=O)[O-])ccc21)OCc1csc2ccccc12. The van der Waals surface area contributed by atoms with Crippen molar-refractivity contribution in [2.45, 2.75) is 26.0 Å². The molecule has 8 nitrogen and oxygen atoms in total. The Morgan fingerprint density at radius 1 is 1.24 bits per heavy atom. The molecule has 0 aliphatic rings. The molecule has 0 saturated heterocycles. The molecular weight excluding hydrogens is 396 g/mol. The number of ether oxygens (including phenoxy) is 1. The van der Waals surface area contributed by atoms with E-state index < -0.39 is 10.7 Å². The van der Waals surface area contributed by atoms with Crippen LogP contribution >= 0.6 is 11.3 Å². The van der Waals surface area contributed by atoms with Crippen LogP contribution in [0.3, 0.4) is 0 Å². The summed E-state index contributed by atoms with van der Waals surface area (Å²) < 4.78 is 12.9. The maximum atomic E-state index is 12.1. The van der Waals surface area contributed by atoms with E-state index in [0.29, 0.717) is 11.9 Å². The maximum Gasteiger partial charge on any atom is 0.419 e. The molecule has 0 saturated carbocycles. The monoisotopic (exact) mass is 412 g/mol. The Labute approximate surface area is 168 Å². The van der Waals surface area contributed by atoms with Crippen LogP contribution in [0.25, 0.3) is 21.2 Å². The number of esters is 1. The fourth-order valence-corrected chi connectivity index (χ4v) is 4.08. The Balaban J connectivity index is 1.35. The highest BCUT2D eigenvalue weighted by molar-refractivity contribution is 7.17. The summed E-state index contributed by atoms with van der Waals surface area (Å²) in [6, 6.07) is 11.9. The number of nitrogens with zero attached hydrogens (tertiary/aromatic N) is 2. The van der Waals surface area contributed by atoms with Crippen LogP contribution in [-0.2, 0) is 22.7 Å². The zero-order chi connectivity index (χ0) is 20.4. The molecule has 4 rings (SSSR count). The number of rotatable bonds is 7. The lowest BCUT2D eigenvalue weighted by Crippen LogP contribution is -2.15. The van der Waals surface area contributed by atoms with Gasteiger partial charge in [0, 0.05) is 29.3 Å². The lowest BCUT2D eigenvalue weighted by Gasteiger charge is -2.05. The summed E-state index contributed by atoms with van der Waals surface area (Å²) in [7, 11) is 0. The van der Waals surface area contributed by atoms with Crippen LogP contribution in [0, 0.1) is 10.1 Å². The Morgan fingerprint density at radius 2 is 2.07 bits per heavy atom. The van der Waals surface area contributed by atoms with E-state index in [-0.39, 0.29) is 36.8 Å². The number of benzene rings is 2. The van der Waals surface area contributed by atoms with Crippen molar-refractivity contribution >= 4 is 44.2 Å². The molecule has 0 aliphatic heterocycles. The molecule has 4 aromatic rings. The van der Waals surface area contributed by atoms with E-state index in [1.165, 1.54) is 22.8 Å². The first-order valence-electron chi connectivity index (χ1n) is 8.91. The molecule has 0 spiro atoms. The Hall–Kier alpha value is -3.46. The minimum atomic E-state index is -0.612. The molecule has 2 heterocycles. The summed E-state index contributed by atoms with van der Waals surface area (Å²) in [5.74, 6) is -0.963. The van der Waals surface area contributed by atoms with E-state index >= 15 is 0 Å². The van der Waals surface area contributed by atoms with Crippen LogP contribution in [0.4, 0.5) is 5.69 Å². The topological polar surface area (TPSA) is 105 Å². The van der Waals surface area contributed by atoms with Gasteiger partial charge in [-0.25, -0.2) is 4.79 Å². The number of non-ortho nitro benzene ring substituents is 1. The van der Waals surface area contributed by atoms with Crippen molar-refractivity contribution in [3.63, 3.8) is 0 Å². The van der Waals surface area contributed by atoms with Gasteiger partial charge in [-0.15, -0.1) is 11.3 Å². The third kappa shape index (κ3) is 3.90. The van der Waals surface area contributed by atoms with Crippen LogP contribution in [0.5, 0.6) is 0 Å². The first kappa shape index (κ1) is 18.9. The van der Waals surface area contributed by atoms with E-state index in [0.717, 1.165) is 15.6 Å². The molecule has 0 amide bonds. The van der Waals surface area contributed by atoms with Crippen molar-refractivity contribution in [3.8, 4) is 0 Å². The smallest absolute Gasteiger partial charge is 0.419 e. The Kier molecular flexibility index (Phi) is 5.13. The van der Waals surface area contributed by atoms with Gasteiger partial charge in [0.1, 0.15) is 6.61 Å². The standard InChI is InChI=1S/C20H16N2O6S/c23-19(27-11-13-12-29-18-5-2-1-4-15(13)18)6-3-9-21-16-8-7-14(22(25)26)10-17(16)28-20(21)24/h1-2,4-5,7-8,10,12H,3,6,9,11H2. The second-order valence-corrected chi connectivity index (χ2v) is 7.36. The third-order valence-electron chi connectivity index (χ3n) is 4.58. The van der Waals surface area contributed by atoms with Crippen molar-refractivity contribution in [2.24, 2.45) is 0 Å². The van der Waals surface area contributed by atoms with E-state index in [4.69, 9.17) is 9.15 Å². The summed E-state index contributed by atoms with van der Waals surface area (Å²) in [6.07, 6.45) is 0.531. The van der Waals surface area contributed by atoms with Crippen molar-refractivity contribution in [3.05, 3.63) is 74.1 Å². The Morgan fingerprint density at radius 3 is 2.90 bits per heavy atom. The molecule has 0 fully saturated rings. The second kappa shape index (κ2) is 7.88. The van der Waals surface area contributed by atoms with Crippen molar-refractivity contribution < 1.29 is 18.9 Å². The number of nitro groups is 1. The molecule has 29 heavy (non-hydrogen) atoms. The summed E-state index contributed by atoms with van der Waals surface area (Å²) >= 11 is 1.61. The molecule has 2 aromatic carbocycles. The van der Waals surface area contributed by atoms with Gasteiger partial charge in [-0.2, -0.15) is 0 Å². The predicted molar refractivity (Wildman–Crippen MR) is 108 cm³/mol. The minimum Gasteiger partial charge on any atom is -0.461 e. The fourth-order valence-electron chi connectivity index (χ4n) is 3.14. The average molecular weight is 412 g/mol. The van der Waals surface area contributed by atoms with Crippen LogP contribution in [-0.4, -0.2) is 15.5 Å². The second-order valence-electron chi connectivity index (χ2n) is 6.45. The van der Waals surface area contributed by atoms with Crippen LogP contribution in [0.1, 0.15) is 18.4 Å². The quantitative estimate of drug-likeness (QED) is 0.255. The predicted octanol–water partition coefficient (Wildman–Crippen LogP) is 4.24. The summed E-state index contributed by atoms with van der Waals surface area (Å²) in [6.45, 7) is 0.460. The highest BCUT2D eigenvalue weighted by atomic mass is 32.1. The fraction of sp³-hybridized carbons (Fsp3) is 0.200. The van der Waals surface area contributed by atoms with Crippen LogP contribution in [0.2, 0.25) is 0 Å². The van der Waals surface area contributed by atoms with Crippen molar-refractivity contribution in [2.75, 3.05) is 0 Å². The van der Waals surface area contributed by atoms with Crippen molar-refractivity contribution in [1.29, 1.82) is 0 Å². The van der Waals surface area contributed by atoms with E-state index in [1.54, 1.807) is 11.3 Å². The third-order valence-corrected chi connectivity index (χ3v) is 5.59. The molecule has 148 valence electrons. The minimum absolute atomic E-state index is 0.147. The normalized spacial score (nSPS) is 11.2. The molecule has 0 radical (unpaired) electrons. The largest absolute Gasteiger partial charge is 0.461 e. The molecule has 0 N–H and O–H groups in total. The number of aromatic nitrogens is 1. The van der Waals surface area contributed by atoms with E-state index in [2.05, 4.69) is 0 Å². The average Bonchev–Trinajstić information content (AvgIpc) is 3.26. The number of carbonyl (C=O) groups is 1. The lowest BCUT2D eigenvalue weighted by atomic mass is 10.2. The zero-order valence-corrected chi connectivity index (χ0v) is 16.0. The molecule has 0 atom stereocenters. The first-order valence-corrected chi connectivity index (χ1v) is 9.79. The number of aryl methyl sites for hydroxylation is 1. The maximum absolute atomic E-state index is 12.1. The van der Waals surface area contributed by atoms with Gasteiger partial charge in [0.2, 0.25) is 0 Å². The summed E-state index contributed by atoms with van der Waals surface area (Å²) in [5, 5.41) is 13.9. The van der Waals surface area contributed by atoms with Gasteiger partial charge in [0.25, 0.3) is 5.69 Å². The molecule has 9 heteroatoms. The molecule has 0 bridgehead atoms. The summed E-state index contributed by atoms with van der Waals surface area (Å²) in [5.41, 5.74) is 1.43. The van der Waals surface area contributed by atoms with Gasteiger partial charge in [-0.1, -0.05) is 18.2 Å². The molecular formula is C20H16N2O6S. The number of hydrogen-bond donors (Lipinski definition) is 0. The molecule has 0 unspecified atom stereocenters. The van der Waals surface area contributed by atoms with Gasteiger partial charge in [-0.05, 0) is 29.3 Å². The van der Waals surface area contributed by atoms with Gasteiger partial charge < -0.3 is 9.15 Å². The number of nitro benzene ring substituents is 1. The van der Waals surface area contributed by atoms with Gasteiger partial charge in [0.05, 0.1) is 16.5 Å². The zero-order valence-electron chi connectivity index (χ0n) is 15.2. The highest BCUT2D eigenvalue weighted by Gasteiger charge is 2.14. The van der Waals surface area contributed by atoms with Gasteiger partial charge in [-0.3, -0.25) is 19.5 Å². The molecule has 0 aliphatic carbocycles. The van der Waals surface area contributed by atoms with Crippen LogP contribution < -0.4 is 5.76 Å². The van der Waals surface area contributed by atoms with E-state index in [1.807, 2.05) is 29.6 Å². The number of thiophene rings is 1. The van der Waals surface area contributed by atoms with E-state index in [9.17, 15) is 19.7 Å². The number of fused-ring (bicyclic) bond motifs is 2. The van der Waals surface area contributed by atoms with Crippen LogP contribution in [0.15, 0.2) is 57.1 Å². The number of hydrogen-bond acceptors (Lipinski definition) is 7. The number of oxazole rings is 1. The Bertz CT molecular complexity index is 1270. The first-order chi connectivity index (χ1) is 14.0. The highest BCUT2D eigenvalue weighted by Crippen LogP contribution is 2.26.